The average molecular weight is 491 g/mol. The van der Waals surface area contributed by atoms with Crippen LogP contribution in [0.5, 0.6) is 5.75 Å². The summed E-state index contributed by atoms with van der Waals surface area (Å²) in [4.78, 5) is 18.1. The zero-order valence-corrected chi connectivity index (χ0v) is 20.1. The number of hydrogen-bond donors (Lipinski definition) is 0. The Morgan fingerprint density at radius 1 is 1.21 bits per heavy atom. The molecule has 0 radical (unpaired) electrons. The highest BCUT2D eigenvalue weighted by Crippen LogP contribution is 2.30. The van der Waals surface area contributed by atoms with E-state index in [0.29, 0.717) is 36.4 Å². The SMILES string of the molecule is CC(C)OC(=O)N1CCC(COc2ccc(-c3nc4cc(S(C)(=O)=O)ccc4o3)cc2F)CC1. The van der Waals surface area contributed by atoms with Crippen molar-refractivity contribution in [2.75, 3.05) is 26.0 Å². The fourth-order valence-electron chi connectivity index (χ4n) is 3.78. The first-order chi connectivity index (χ1) is 16.1. The van der Waals surface area contributed by atoms with E-state index in [4.69, 9.17) is 13.9 Å². The number of carbonyl (C=O) groups is 1. The van der Waals surface area contributed by atoms with Crippen LogP contribution in [0.4, 0.5) is 9.18 Å². The molecule has 0 atom stereocenters. The van der Waals surface area contributed by atoms with Gasteiger partial charge in [-0.2, -0.15) is 0 Å². The molecule has 0 spiro atoms. The number of amides is 1. The van der Waals surface area contributed by atoms with Gasteiger partial charge in [0.1, 0.15) is 5.52 Å². The number of rotatable bonds is 6. The lowest BCUT2D eigenvalue weighted by molar-refractivity contribution is 0.0606. The number of nitrogens with zero attached hydrogens (tertiary/aromatic N) is 2. The molecule has 1 amide bonds. The van der Waals surface area contributed by atoms with Crippen molar-refractivity contribution in [3.05, 3.63) is 42.2 Å². The number of fused-ring (bicyclic) bond motifs is 1. The van der Waals surface area contributed by atoms with Gasteiger partial charge < -0.3 is 18.8 Å². The molecule has 2 heterocycles. The largest absolute Gasteiger partial charge is 0.490 e. The number of hydrogen-bond acceptors (Lipinski definition) is 7. The lowest BCUT2D eigenvalue weighted by Gasteiger charge is -2.31. The van der Waals surface area contributed by atoms with Crippen LogP contribution in [0.25, 0.3) is 22.6 Å². The molecular weight excluding hydrogens is 463 g/mol. The summed E-state index contributed by atoms with van der Waals surface area (Å²) in [6.45, 7) is 5.15. The third-order valence-corrected chi connectivity index (χ3v) is 6.76. The third kappa shape index (κ3) is 5.49. The second-order valence-electron chi connectivity index (χ2n) is 8.74. The van der Waals surface area contributed by atoms with Crippen LogP contribution in [0.2, 0.25) is 0 Å². The summed E-state index contributed by atoms with van der Waals surface area (Å²) in [5.74, 6) is -0.0228. The van der Waals surface area contributed by atoms with Gasteiger partial charge in [0.05, 0.1) is 17.6 Å². The van der Waals surface area contributed by atoms with Gasteiger partial charge >= 0.3 is 6.09 Å². The van der Waals surface area contributed by atoms with E-state index in [1.165, 1.54) is 30.3 Å². The molecule has 0 bridgehead atoms. The van der Waals surface area contributed by atoms with Gasteiger partial charge in [-0.05, 0) is 69.0 Å². The quantitative estimate of drug-likeness (QED) is 0.495. The highest BCUT2D eigenvalue weighted by atomic mass is 32.2. The minimum Gasteiger partial charge on any atom is -0.490 e. The zero-order valence-electron chi connectivity index (χ0n) is 19.3. The number of likely N-dealkylation sites (tertiary alicyclic amines) is 1. The lowest BCUT2D eigenvalue weighted by atomic mass is 9.98. The Balaban J connectivity index is 1.38. The summed E-state index contributed by atoms with van der Waals surface area (Å²) < 4.78 is 54.8. The van der Waals surface area contributed by atoms with E-state index in [1.54, 1.807) is 11.0 Å². The molecule has 2 aromatic carbocycles. The average Bonchev–Trinajstić information content (AvgIpc) is 3.21. The molecule has 1 aliphatic heterocycles. The maximum Gasteiger partial charge on any atom is 0.410 e. The van der Waals surface area contributed by atoms with E-state index < -0.39 is 15.7 Å². The van der Waals surface area contributed by atoms with Gasteiger partial charge in [-0.25, -0.2) is 22.6 Å². The van der Waals surface area contributed by atoms with E-state index in [-0.39, 0.29) is 34.7 Å². The van der Waals surface area contributed by atoms with Crippen LogP contribution in [0.3, 0.4) is 0 Å². The minimum atomic E-state index is -3.37. The van der Waals surface area contributed by atoms with Gasteiger partial charge in [0.25, 0.3) is 0 Å². The predicted octanol–water partition coefficient (Wildman–Crippen LogP) is 4.67. The van der Waals surface area contributed by atoms with Crippen LogP contribution in [0.1, 0.15) is 26.7 Å². The maximum absolute atomic E-state index is 14.7. The zero-order chi connectivity index (χ0) is 24.5. The van der Waals surface area contributed by atoms with Crippen molar-refractivity contribution in [1.82, 2.24) is 9.88 Å². The smallest absolute Gasteiger partial charge is 0.410 e. The van der Waals surface area contributed by atoms with Crippen LogP contribution >= 0.6 is 0 Å². The number of aromatic nitrogens is 1. The van der Waals surface area contributed by atoms with Crippen molar-refractivity contribution in [3.63, 3.8) is 0 Å². The number of benzene rings is 2. The number of ether oxygens (including phenoxy) is 2. The molecule has 0 aliphatic carbocycles. The topological polar surface area (TPSA) is 98.9 Å². The summed E-state index contributed by atoms with van der Waals surface area (Å²) in [5, 5.41) is 0. The van der Waals surface area contributed by atoms with Crippen molar-refractivity contribution in [3.8, 4) is 17.2 Å². The highest BCUT2D eigenvalue weighted by Gasteiger charge is 2.25. The van der Waals surface area contributed by atoms with E-state index in [1.807, 2.05) is 13.8 Å². The molecule has 182 valence electrons. The van der Waals surface area contributed by atoms with Crippen molar-refractivity contribution in [2.24, 2.45) is 5.92 Å². The van der Waals surface area contributed by atoms with Gasteiger partial charge in [0, 0.05) is 24.9 Å². The molecule has 8 nitrogen and oxygen atoms in total. The molecule has 1 aromatic heterocycles. The fraction of sp³-hybridized carbons (Fsp3) is 0.417. The van der Waals surface area contributed by atoms with Crippen molar-refractivity contribution < 1.29 is 31.5 Å². The fourth-order valence-corrected chi connectivity index (χ4v) is 4.42. The highest BCUT2D eigenvalue weighted by molar-refractivity contribution is 7.90. The molecule has 34 heavy (non-hydrogen) atoms. The molecule has 0 unspecified atom stereocenters. The van der Waals surface area contributed by atoms with Crippen molar-refractivity contribution >= 4 is 27.0 Å². The van der Waals surface area contributed by atoms with Gasteiger partial charge in [-0.15, -0.1) is 0 Å². The van der Waals surface area contributed by atoms with Gasteiger partial charge in [-0.3, -0.25) is 0 Å². The monoisotopic (exact) mass is 490 g/mol. The molecule has 3 aromatic rings. The number of carbonyl (C=O) groups excluding carboxylic acids is 1. The number of sulfone groups is 1. The maximum atomic E-state index is 14.7. The van der Waals surface area contributed by atoms with Gasteiger partial charge in [0.2, 0.25) is 5.89 Å². The van der Waals surface area contributed by atoms with Crippen LogP contribution in [-0.2, 0) is 14.6 Å². The van der Waals surface area contributed by atoms with E-state index >= 15 is 0 Å². The first-order valence-electron chi connectivity index (χ1n) is 11.1. The second kappa shape index (κ2) is 9.61. The Hall–Kier alpha value is -3.14. The van der Waals surface area contributed by atoms with E-state index in [0.717, 1.165) is 19.1 Å². The summed E-state index contributed by atoms with van der Waals surface area (Å²) in [7, 11) is -3.37. The predicted molar refractivity (Wildman–Crippen MR) is 124 cm³/mol. The normalized spacial score (nSPS) is 15.1. The van der Waals surface area contributed by atoms with Crippen LogP contribution in [0, 0.1) is 11.7 Å². The molecule has 1 fully saturated rings. The molecule has 4 rings (SSSR count). The second-order valence-corrected chi connectivity index (χ2v) is 10.8. The summed E-state index contributed by atoms with van der Waals surface area (Å²) >= 11 is 0. The number of piperidine rings is 1. The Morgan fingerprint density at radius 3 is 2.59 bits per heavy atom. The van der Waals surface area contributed by atoms with Crippen molar-refractivity contribution in [2.45, 2.75) is 37.7 Å². The van der Waals surface area contributed by atoms with E-state index in [2.05, 4.69) is 4.98 Å². The van der Waals surface area contributed by atoms with Crippen molar-refractivity contribution in [1.29, 1.82) is 0 Å². The first-order valence-corrected chi connectivity index (χ1v) is 13.0. The molecule has 10 heteroatoms. The van der Waals surface area contributed by atoms with Gasteiger partial charge in [0.15, 0.2) is 27.0 Å². The Bertz CT molecular complexity index is 1300. The standard InChI is InChI=1S/C24H27FN2O6S/c1-15(2)32-24(28)27-10-8-16(9-11-27)14-31-21-6-4-17(12-19(21)25)23-26-20-13-18(34(3,29)30)5-7-22(20)33-23/h4-7,12-13,15-16H,8-11,14H2,1-3H3. The minimum absolute atomic E-state index is 0.126. The molecular formula is C24H27FN2O6S. The lowest BCUT2D eigenvalue weighted by Crippen LogP contribution is -2.40. The molecule has 0 saturated carbocycles. The van der Waals surface area contributed by atoms with Crippen LogP contribution < -0.4 is 4.74 Å². The van der Waals surface area contributed by atoms with Crippen LogP contribution in [0.15, 0.2) is 45.7 Å². The molecule has 0 N–H and O–H groups in total. The molecule has 1 saturated heterocycles. The first kappa shape index (κ1) is 24.0. The Kier molecular flexibility index (Phi) is 6.79. The van der Waals surface area contributed by atoms with Crippen LogP contribution in [-0.4, -0.2) is 56.5 Å². The summed E-state index contributed by atoms with van der Waals surface area (Å²) in [6.07, 6.45) is 2.17. The third-order valence-electron chi connectivity index (χ3n) is 5.65. The summed E-state index contributed by atoms with van der Waals surface area (Å²) in [6, 6.07) is 8.86. The Morgan fingerprint density at radius 2 is 1.94 bits per heavy atom. The number of halogens is 1. The van der Waals surface area contributed by atoms with Gasteiger partial charge in [-0.1, -0.05) is 0 Å². The van der Waals surface area contributed by atoms with E-state index in [9.17, 15) is 17.6 Å². The molecule has 1 aliphatic rings. The number of oxazole rings is 1. The Labute approximate surface area is 197 Å². The summed E-state index contributed by atoms with van der Waals surface area (Å²) in [5.41, 5.74) is 1.20.